The normalized spacial score (nSPS) is 17.9. The Morgan fingerprint density at radius 1 is 0.964 bits per heavy atom. The molecule has 0 amide bonds. The molecule has 0 spiro atoms. The number of para-hydroxylation sites is 2. The number of benzene rings is 2. The fourth-order valence-electron chi connectivity index (χ4n) is 3.35. The summed E-state index contributed by atoms with van der Waals surface area (Å²) in [6.45, 7) is 4.34. The molecule has 0 unspecified atom stereocenters. The Morgan fingerprint density at radius 2 is 1.75 bits per heavy atom. The maximum absolute atomic E-state index is 6.02. The molecular formula is C22H27NO5. The number of hydrogen-bond acceptors (Lipinski definition) is 6. The number of ether oxygens (including phenoxy) is 5. The van der Waals surface area contributed by atoms with Crippen LogP contribution in [-0.2, 0) is 0 Å². The molecule has 28 heavy (non-hydrogen) atoms. The second-order valence-electron chi connectivity index (χ2n) is 7.12. The molecule has 6 nitrogen and oxygen atoms in total. The molecule has 0 aliphatic carbocycles. The van der Waals surface area contributed by atoms with Crippen LogP contribution in [0.25, 0.3) is 0 Å². The maximum atomic E-state index is 6.02. The first-order chi connectivity index (χ1) is 13.8. The SMILES string of the molecule is CN(CCCOc1ccc2c(c1)OCCCO2)C[C@H]1COc2ccccc2O1. The second kappa shape index (κ2) is 9.06. The number of hydrogen-bond donors (Lipinski definition) is 0. The van der Waals surface area contributed by atoms with Crippen LogP contribution in [0.1, 0.15) is 12.8 Å². The van der Waals surface area contributed by atoms with Gasteiger partial charge >= 0.3 is 0 Å². The van der Waals surface area contributed by atoms with Gasteiger partial charge in [-0.15, -0.1) is 0 Å². The second-order valence-corrected chi connectivity index (χ2v) is 7.12. The summed E-state index contributed by atoms with van der Waals surface area (Å²) in [4.78, 5) is 2.25. The van der Waals surface area contributed by atoms with Gasteiger partial charge in [-0.1, -0.05) is 12.1 Å². The van der Waals surface area contributed by atoms with Crippen LogP contribution in [0, 0.1) is 0 Å². The average Bonchev–Trinajstić information content (AvgIpc) is 2.96. The lowest BCUT2D eigenvalue weighted by atomic mass is 10.2. The van der Waals surface area contributed by atoms with Gasteiger partial charge in [-0.25, -0.2) is 0 Å². The monoisotopic (exact) mass is 385 g/mol. The average molecular weight is 385 g/mol. The van der Waals surface area contributed by atoms with Gasteiger partial charge in [-0.05, 0) is 37.7 Å². The summed E-state index contributed by atoms with van der Waals surface area (Å²) >= 11 is 0. The Kier molecular flexibility index (Phi) is 6.07. The maximum Gasteiger partial charge on any atom is 0.164 e. The molecule has 0 saturated carbocycles. The van der Waals surface area contributed by atoms with Crippen LogP contribution in [-0.4, -0.2) is 57.6 Å². The van der Waals surface area contributed by atoms with Crippen molar-refractivity contribution in [2.75, 3.05) is 46.6 Å². The molecule has 2 aliphatic rings. The van der Waals surface area contributed by atoms with E-state index in [-0.39, 0.29) is 6.10 Å². The summed E-state index contributed by atoms with van der Waals surface area (Å²) in [7, 11) is 2.09. The zero-order chi connectivity index (χ0) is 19.2. The van der Waals surface area contributed by atoms with Crippen LogP contribution in [0.4, 0.5) is 0 Å². The minimum absolute atomic E-state index is 0.0440. The fraction of sp³-hybridized carbons (Fsp3) is 0.455. The van der Waals surface area contributed by atoms with Gasteiger partial charge in [0.15, 0.2) is 23.0 Å². The summed E-state index contributed by atoms with van der Waals surface area (Å²) in [5.74, 6) is 4.02. The van der Waals surface area contributed by atoms with E-state index in [0.717, 1.165) is 54.7 Å². The Balaban J connectivity index is 1.18. The molecule has 0 bridgehead atoms. The molecule has 4 rings (SSSR count). The van der Waals surface area contributed by atoms with Crippen LogP contribution >= 0.6 is 0 Å². The molecule has 150 valence electrons. The minimum atomic E-state index is 0.0440. The van der Waals surface area contributed by atoms with E-state index >= 15 is 0 Å². The molecule has 1 atom stereocenters. The Hall–Kier alpha value is -2.60. The lowest BCUT2D eigenvalue weighted by Crippen LogP contribution is -2.39. The van der Waals surface area contributed by atoms with Gasteiger partial charge in [-0.2, -0.15) is 0 Å². The van der Waals surface area contributed by atoms with E-state index in [2.05, 4.69) is 11.9 Å². The highest BCUT2D eigenvalue weighted by Gasteiger charge is 2.21. The number of rotatable bonds is 7. The molecule has 0 radical (unpaired) electrons. The molecular weight excluding hydrogens is 358 g/mol. The molecule has 6 heteroatoms. The first kappa shape index (κ1) is 18.7. The molecule has 2 aromatic carbocycles. The number of nitrogens with zero attached hydrogens (tertiary/aromatic N) is 1. The van der Waals surface area contributed by atoms with Crippen molar-refractivity contribution in [1.29, 1.82) is 0 Å². The molecule has 0 aromatic heterocycles. The smallest absolute Gasteiger partial charge is 0.164 e. The van der Waals surface area contributed by atoms with Gasteiger partial charge in [0, 0.05) is 25.6 Å². The van der Waals surface area contributed by atoms with E-state index in [1.54, 1.807) is 0 Å². The first-order valence-corrected chi connectivity index (χ1v) is 9.87. The molecule has 2 aromatic rings. The zero-order valence-corrected chi connectivity index (χ0v) is 16.3. The van der Waals surface area contributed by atoms with Gasteiger partial charge in [0.05, 0.1) is 19.8 Å². The quantitative estimate of drug-likeness (QED) is 0.681. The van der Waals surface area contributed by atoms with Crippen molar-refractivity contribution < 1.29 is 23.7 Å². The van der Waals surface area contributed by atoms with Crippen molar-refractivity contribution >= 4 is 0 Å². The van der Waals surface area contributed by atoms with E-state index in [1.807, 2.05) is 42.5 Å². The van der Waals surface area contributed by atoms with Crippen LogP contribution in [0.2, 0.25) is 0 Å². The highest BCUT2D eigenvalue weighted by molar-refractivity contribution is 5.46. The van der Waals surface area contributed by atoms with Gasteiger partial charge in [0.1, 0.15) is 18.5 Å². The highest BCUT2D eigenvalue weighted by atomic mass is 16.6. The molecule has 2 heterocycles. The van der Waals surface area contributed by atoms with E-state index in [9.17, 15) is 0 Å². The first-order valence-electron chi connectivity index (χ1n) is 9.87. The van der Waals surface area contributed by atoms with Crippen LogP contribution in [0.3, 0.4) is 0 Å². The highest BCUT2D eigenvalue weighted by Crippen LogP contribution is 2.33. The van der Waals surface area contributed by atoms with Gasteiger partial charge in [-0.3, -0.25) is 0 Å². The number of likely N-dealkylation sites (N-methyl/N-ethyl adjacent to an activating group) is 1. The Bertz CT molecular complexity index is 781. The van der Waals surface area contributed by atoms with Crippen molar-refractivity contribution in [3.05, 3.63) is 42.5 Å². The van der Waals surface area contributed by atoms with Gasteiger partial charge in [0.2, 0.25) is 0 Å². The van der Waals surface area contributed by atoms with Crippen LogP contribution < -0.4 is 23.7 Å². The largest absolute Gasteiger partial charge is 0.493 e. The van der Waals surface area contributed by atoms with Crippen LogP contribution in [0.5, 0.6) is 28.7 Å². The molecule has 0 N–H and O–H groups in total. The van der Waals surface area contributed by atoms with Crippen molar-refractivity contribution in [1.82, 2.24) is 4.90 Å². The molecule has 0 fully saturated rings. The molecule has 0 saturated heterocycles. The summed E-state index contributed by atoms with van der Waals surface area (Å²) in [6.07, 6.45) is 1.87. The standard InChI is InChI=1S/C22H27NO5/c1-23(15-18-16-27-19-6-2-3-7-21(19)28-18)10-4-11-24-17-8-9-20-22(14-17)26-13-5-12-25-20/h2-3,6-9,14,18H,4-5,10-13,15-16H2,1H3/t18-/m0/s1. The third-order valence-electron chi connectivity index (χ3n) is 4.75. The zero-order valence-electron chi connectivity index (χ0n) is 16.3. The molecule has 2 aliphatic heterocycles. The summed E-state index contributed by atoms with van der Waals surface area (Å²) < 4.78 is 29.0. The van der Waals surface area contributed by atoms with E-state index in [0.29, 0.717) is 26.4 Å². The van der Waals surface area contributed by atoms with E-state index in [1.165, 1.54) is 0 Å². The lowest BCUT2D eigenvalue weighted by molar-refractivity contribution is 0.0643. The van der Waals surface area contributed by atoms with Crippen LogP contribution in [0.15, 0.2) is 42.5 Å². The van der Waals surface area contributed by atoms with E-state index in [4.69, 9.17) is 23.7 Å². The van der Waals surface area contributed by atoms with Gasteiger partial charge < -0.3 is 28.6 Å². The summed E-state index contributed by atoms with van der Waals surface area (Å²) in [6, 6.07) is 13.6. The van der Waals surface area contributed by atoms with E-state index < -0.39 is 0 Å². The van der Waals surface area contributed by atoms with Crippen molar-refractivity contribution in [2.24, 2.45) is 0 Å². The summed E-state index contributed by atoms with van der Waals surface area (Å²) in [5, 5.41) is 0. The van der Waals surface area contributed by atoms with Gasteiger partial charge in [0.25, 0.3) is 0 Å². The van der Waals surface area contributed by atoms with Crippen molar-refractivity contribution in [3.8, 4) is 28.7 Å². The predicted octanol–water partition coefficient (Wildman–Crippen LogP) is 3.39. The van der Waals surface area contributed by atoms with Crippen molar-refractivity contribution in [3.63, 3.8) is 0 Å². The van der Waals surface area contributed by atoms with Crippen molar-refractivity contribution in [2.45, 2.75) is 18.9 Å². The fourth-order valence-corrected chi connectivity index (χ4v) is 3.35. The third kappa shape index (κ3) is 4.81. The Morgan fingerprint density at radius 3 is 2.64 bits per heavy atom. The Labute approximate surface area is 165 Å². The summed E-state index contributed by atoms with van der Waals surface area (Å²) in [5.41, 5.74) is 0. The topological polar surface area (TPSA) is 49.4 Å². The predicted molar refractivity (Wildman–Crippen MR) is 106 cm³/mol. The number of fused-ring (bicyclic) bond motifs is 2. The minimum Gasteiger partial charge on any atom is -0.493 e. The lowest BCUT2D eigenvalue weighted by Gasteiger charge is -2.29. The third-order valence-corrected chi connectivity index (χ3v) is 4.75.